The Balaban J connectivity index is 1.43. The minimum Gasteiger partial charge on any atom is -0.442 e. The van der Waals surface area contributed by atoms with Crippen LogP contribution in [0.3, 0.4) is 0 Å². The SMILES string of the molecule is CC(=O)NC[C@H]1CN(c2ccc3c(c2)CCCc2c(-c4coc(F)c4)n[nH]c2-3)C(=O)O1. The zero-order valence-corrected chi connectivity index (χ0v) is 16.9. The van der Waals surface area contributed by atoms with E-state index in [1.165, 1.54) is 19.3 Å². The smallest absolute Gasteiger partial charge is 0.414 e. The van der Waals surface area contributed by atoms with Crippen LogP contribution >= 0.6 is 0 Å². The van der Waals surface area contributed by atoms with Crippen LogP contribution in [0.15, 0.2) is 34.9 Å². The second-order valence-corrected chi connectivity index (χ2v) is 7.81. The standard InChI is InChI=1S/C22H21FN4O4/c1-12(28)24-9-16-10-27(22(29)31-16)15-5-6-17-13(7-15)3-2-4-18-20(25-26-21(17)18)14-8-19(23)30-11-14/h5-8,11,16H,2-4,9-10H2,1H3,(H,24,28)(H,25,26)/t16-/m0/s1. The van der Waals surface area contributed by atoms with Crippen LogP contribution < -0.4 is 10.2 Å². The summed E-state index contributed by atoms with van der Waals surface area (Å²) in [6.07, 6.45) is 3.09. The molecule has 1 aliphatic carbocycles. The Morgan fingerprint density at radius 3 is 3.00 bits per heavy atom. The van der Waals surface area contributed by atoms with E-state index in [4.69, 9.17) is 9.15 Å². The fourth-order valence-electron chi connectivity index (χ4n) is 4.25. The number of furan rings is 1. The molecule has 0 radical (unpaired) electrons. The molecule has 160 valence electrons. The number of amides is 2. The van der Waals surface area contributed by atoms with Crippen molar-refractivity contribution in [3.63, 3.8) is 0 Å². The number of nitrogens with zero attached hydrogens (tertiary/aromatic N) is 2. The molecule has 8 nitrogen and oxygen atoms in total. The molecule has 1 aromatic carbocycles. The van der Waals surface area contributed by atoms with Crippen molar-refractivity contribution in [1.82, 2.24) is 15.5 Å². The van der Waals surface area contributed by atoms with Crippen LogP contribution in [-0.2, 0) is 22.4 Å². The molecule has 3 heterocycles. The van der Waals surface area contributed by atoms with Crippen molar-refractivity contribution in [3.05, 3.63) is 47.7 Å². The van der Waals surface area contributed by atoms with Gasteiger partial charge in [0, 0.05) is 35.4 Å². The number of cyclic esters (lactones) is 1. The van der Waals surface area contributed by atoms with Crippen LogP contribution in [0.25, 0.3) is 22.5 Å². The topological polar surface area (TPSA) is 100 Å². The molecular weight excluding hydrogens is 403 g/mol. The Hall–Kier alpha value is -3.62. The van der Waals surface area contributed by atoms with Gasteiger partial charge in [0.2, 0.25) is 5.91 Å². The molecule has 3 aromatic rings. The molecule has 0 bridgehead atoms. The number of ether oxygens (including phenoxy) is 1. The summed E-state index contributed by atoms with van der Waals surface area (Å²) in [4.78, 5) is 25.1. The number of fused-ring (bicyclic) bond motifs is 3. The third-order valence-electron chi connectivity index (χ3n) is 5.70. The van der Waals surface area contributed by atoms with E-state index in [1.54, 1.807) is 4.90 Å². The fraction of sp³-hybridized carbons (Fsp3) is 0.318. The Bertz CT molecular complexity index is 1170. The fourth-order valence-corrected chi connectivity index (χ4v) is 4.25. The van der Waals surface area contributed by atoms with Gasteiger partial charge in [-0.05, 0) is 37.0 Å². The maximum Gasteiger partial charge on any atom is 0.414 e. The maximum atomic E-state index is 13.3. The number of nitrogens with one attached hydrogen (secondary N) is 2. The first kappa shape index (κ1) is 19.3. The summed E-state index contributed by atoms with van der Waals surface area (Å²) >= 11 is 0. The van der Waals surface area contributed by atoms with Gasteiger partial charge in [0.25, 0.3) is 6.01 Å². The monoisotopic (exact) mass is 424 g/mol. The van der Waals surface area contributed by atoms with E-state index in [0.717, 1.165) is 47.3 Å². The Labute approximate surface area is 177 Å². The zero-order valence-electron chi connectivity index (χ0n) is 16.9. The van der Waals surface area contributed by atoms with Crippen molar-refractivity contribution in [2.24, 2.45) is 0 Å². The van der Waals surface area contributed by atoms with Crippen LogP contribution in [0.4, 0.5) is 14.9 Å². The Morgan fingerprint density at radius 2 is 2.23 bits per heavy atom. The van der Waals surface area contributed by atoms with Gasteiger partial charge in [-0.1, -0.05) is 6.07 Å². The summed E-state index contributed by atoms with van der Waals surface area (Å²) in [5.74, 6) is -0.160. The summed E-state index contributed by atoms with van der Waals surface area (Å²) in [6.45, 7) is 2.10. The first-order valence-electron chi connectivity index (χ1n) is 10.2. The van der Waals surface area contributed by atoms with Crippen LogP contribution in [0.5, 0.6) is 0 Å². The van der Waals surface area contributed by atoms with E-state index < -0.39 is 12.1 Å². The minimum atomic E-state index is -0.639. The van der Waals surface area contributed by atoms with E-state index in [2.05, 4.69) is 15.5 Å². The number of H-pyrrole nitrogens is 1. The number of aromatic amines is 1. The molecule has 1 fully saturated rings. The van der Waals surface area contributed by atoms with Crippen molar-refractivity contribution in [1.29, 1.82) is 0 Å². The molecule has 0 saturated carbocycles. The van der Waals surface area contributed by atoms with Crippen molar-refractivity contribution < 1.29 is 23.1 Å². The van der Waals surface area contributed by atoms with Crippen LogP contribution in [-0.4, -0.2) is 41.4 Å². The minimum absolute atomic E-state index is 0.160. The molecule has 5 rings (SSSR count). The van der Waals surface area contributed by atoms with E-state index in [-0.39, 0.29) is 18.6 Å². The third kappa shape index (κ3) is 3.56. The lowest BCUT2D eigenvalue weighted by molar-refractivity contribution is -0.119. The molecule has 2 aliphatic rings. The zero-order chi connectivity index (χ0) is 21.5. The lowest BCUT2D eigenvalue weighted by Crippen LogP contribution is -2.33. The highest BCUT2D eigenvalue weighted by atomic mass is 19.1. The largest absolute Gasteiger partial charge is 0.442 e. The highest BCUT2D eigenvalue weighted by Gasteiger charge is 2.33. The number of benzene rings is 1. The summed E-state index contributed by atoms with van der Waals surface area (Å²) in [5.41, 5.74) is 6.12. The third-order valence-corrected chi connectivity index (χ3v) is 5.70. The molecule has 2 aromatic heterocycles. The number of rotatable bonds is 4. The summed E-state index contributed by atoms with van der Waals surface area (Å²) in [6, 6.07) is 6.56. The van der Waals surface area contributed by atoms with Gasteiger partial charge in [0.1, 0.15) is 12.4 Å². The number of aryl methyl sites for hydroxylation is 1. The molecule has 1 aliphatic heterocycles. The van der Waals surface area contributed by atoms with E-state index in [1.807, 2.05) is 18.2 Å². The average Bonchev–Trinajstić information content (AvgIpc) is 3.42. The van der Waals surface area contributed by atoms with Gasteiger partial charge in [-0.25, -0.2) is 4.79 Å². The van der Waals surface area contributed by atoms with Crippen LogP contribution in [0.2, 0.25) is 0 Å². The first-order chi connectivity index (χ1) is 15.0. The second-order valence-electron chi connectivity index (χ2n) is 7.81. The molecule has 2 N–H and O–H groups in total. The number of halogens is 1. The highest BCUT2D eigenvalue weighted by Crippen LogP contribution is 2.38. The van der Waals surface area contributed by atoms with Gasteiger partial charge in [0.15, 0.2) is 0 Å². The molecule has 1 atom stereocenters. The van der Waals surface area contributed by atoms with Gasteiger partial charge in [-0.15, -0.1) is 0 Å². The molecular formula is C22H21FN4O4. The predicted molar refractivity (Wildman–Crippen MR) is 110 cm³/mol. The normalized spacial score (nSPS) is 17.7. The summed E-state index contributed by atoms with van der Waals surface area (Å²) in [7, 11) is 0. The molecule has 9 heteroatoms. The maximum absolute atomic E-state index is 13.3. The summed E-state index contributed by atoms with van der Waals surface area (Å²) < 4.78 is 23.5. The molecule has 31 heavy (non-hydrogen) atoms. The van der Waals surface area contributed by atoms with Gasteiger partial charge < -0.3 is 14.5 Å². The van der Waals surface area contributed by atoms with Gasteiger partial charge in [-0.2, -0.15) is 9.49 Å². The number of hydrogen-bond donors (Lipinski definition) is 2. The number of aromatic nitrogens is 2. The predicted octanol–water partition coefficient (Wildman–Crippen LogP) is 3.43. The van der Waals surface area contributed by atoms with Crippen molar-refractivity contribution in [2.75, 3.05) is 18.0 Å². The van der Waals surface area contributed by atoms with E-state index in [0.29, 0.717) is 17.8 Å². The molecule has 1 saturated heterocycles. The quantitative estimate of drug-likeness (QED) is 0.668. The lowest BCUT2D eigenvalue weighted by Gasteiger charge is -2.16. The lowest BCUT2D eigenvalue weighted by atomic mass is 10.00. The van der Waals surface area contributed by atoms with Gasteiger partial charge in [-0.3, -0.25) is 14.8 Å². The van der Waals surface area contributed by atoms with Crippen molar-refractivity contribution in [3.8, 4) is 22.5 Å². The van der Waals surface area contributed by atoms with Crippen molar-refractivity contribution >= 4 is 17.7 Å². The Kier molecular flexibility index (Phi) is 4.72. The number of hydrogen-bond acceptors (Lipinski definition) is 5. The summed E-state index contributed by atoms with van der Waals surface area (Å²) in [5, 5.41) is 10.2. The van der Waals surface area contributed by atoms with Gasteiger partial charge in [0.05, 0.1) is 24.5 Å². The second kappa shape index (κ2) is 7.57. The van der Waals surface area contributed by atoms with Crippen LogP contribution in [0.1, 0.15) is 24.5 Å². The molecule has 0 spiro atoms. The highest BCUT2D eigenvalue weighted by molar-refractivity contribution is 5.91. The molecule has 2 amide bonds. The van der Waals surface area contributed by atoms with Gasteiger partial charge >= 0.3 is 6.09 Å². The van der Waals surface area contributed by atoms with E-state index in [9.17, 15) is 14.0 Å². The number of carbonyl (C=O) groups is 2. The molecule has 0 unspecified atom stereocenters. The van der Waals surface area contributed by atoms with E-state index >= 15 is 0 Å². The Morgan fingerprint density at radius 1 is 1.35 bits per heavy atom. The van der Waals surface area contributed by atoms with Crippen molar-refractivity contribution in [2.45, 2.75) is 32.3 Å². The van der Waals surface area contributed by atoms with Crippen LogP contribution in [0, 0.1) is 6.01 Å². The average molecular weight is 424 g/mol. The number of carbonyl (C=O) groups excluding carboxylic acids is 2. The number of anilines is 1. The first-order valence-corrected chi connectivity index (χ1v) is 10.2.